The van der Waals surface area contributed by atoms with Gasteiger partial charge in [-0.15, -0.1) is 0 Å². The Morgan fingerprint density at radius 3 is 2.68 bits per heavy atom. The highest BCUT2D eigenvalue weighted by Crippen LogP contribution is 2.53. The lowest BCUT2D eigenvalue weighted by Crippen LogP contribution is -2.45. The van der Waals surface area contributed by atoms with Gasteiger partial charge in [-0.1, -0.05) is 18.2 Å². The van der Waals surface area contributed by atoms with Gasteiger partial charge in [0, 0.05) is 0 Å². The van der Waals surface area contributed by atoms with E-state index >= 15 is 0 Å². The summed E-state index contributed by atoms with van der Waals surface area (Å²) in [6.07, 6.45) is -1.75. The van der Waals surface area contributed by atoms with Crippen molar-refractivity contribution in [1.82, 2.24) is 19.7 Å². The van der Waals surface area contributed by atoms with Crippen molar-refractivity contribution in [3.8, 4) is 5.75 Å². The number of anilines is 1. The molecule has 1 saturated carbocycles. The van der Waals surface area contributed by atoms with Crippen LogP contribution in [0.3, 0.4) is 0 Å². The summed E-state index contributed by atoms with van der Waals surface area (Å²) in [6, 6.07) is 11.7. The molecule has 3 aromatic rings. The van der Waals surface area contributed by atoms with Crippen molar-refractivity contribution in [2.24, 2.45) is 0 Å². The molecule has 5 rings (SSSR count). The number of rotatable bonds is 10. The lowest BCUT2D eigenvalue weighted by atomic mass is 9.97. The normalized spacial score (nSPS) is 27.6. The van der Waals surface area contributed by atoms with Gasteiger partial charge in [-0.2, -0.15) is 10.2 Å². The topological polar surface area (TPSA) is 180 Å². The first-order valence-corrected chi connectivity index (χ1v) is 13.7. The molecule has 1 aliphatic heterocycles. The van der Waals surface area contributed by atoms with Gasteiger partial charge >= 0.3 is 13.7 Å². The molecule has 14 heteroatoms. The third-order valence-corrected chi connectivity index (χ3v) is 8.34. The first-order chi connectivity index (χ1) is 18.1. The Labute approximate surface area is 218 Å². The molecule has 3 heterocycles. The van der Waals surface area contributed by atoms with E-state index in [-0.39, 0.29) is 18.2 Å². The summed E-state index contributed by atoms with van der Waals surface area (Å²) in [7, 11) is -4.21. The van der Waals surface area contributed by atoms with Crippen molar-refractivity contribution in [3.63, 3.8) is 0 Å². The second kappa shape index (κ2) is 9.92. The number of hydrogen-bond donors (Lipinski definition) is 4. The van der Waals surface area contributed by atoms with Crippen LogP contribution >= 0.6 is 7.75 Å². The lowest BCUT2D eigenvalue weighted by molar-refractivity contribution is -0.146. The number of nitrogens with two attached hydrogens (primary N) is 1. The fraction of sp³-hybridized carbons (Fsp3) is 0.458. The summed E-state index contributed by atoms with van der Waals surface area (Å²) in [4.78, 5) is 16.5. The highest BCUT2D eigenvalue weighted by Gasteiger charge is 2.58. The first-order valence-electron chi connectivity index (χ1n) is 12.2. The maximum atomic E-state index is 14.0. The van der Waals surface area contributed by atoms with Gasteiger partial charge < -0.3 is 29.9 Å². The maximum absolute atomic E-state index is 14.0. The van der Waals surface area contributed by atoms with Gasteiger partial charge in [0.25, 0.3) is 0 Å². The lowest BCUT2D eigenvalue weighted by Gasteiger charge is -2.30. The molecule has 2 fully saturated rings. The van der Waals surface area contributed by atoms with Crippen LogP contribution in [0.25, 0.3) is 5.52 Å². The number of hydrogen-bond acceptors (Lipinski definition) is 11. The van der Waals surface area contributed by atoms with Crippen LogP contribution in [0.5, 0.6) is 5.75 Å². The molecule has 1 saturated heterocycles. The zero-order valence-corrected chi connectivity index (χ0v) is 21.8. The van der Waals surface area contributed by atoms with E-state index in [1.807, 2.05) is 0 Å². The molecule has 5 atom stereocenters. The number of nitrogens with one attached hydrogen (secondary N) is 1. The molecule has 13 nitrogen and oxygen atoms in total. The molecule has 1 unspecified atom stereocenters. The van der Waals surface area contributed by atoms with Gasteiger partial charge in [0.1, 0.15) is 47.0 Å². The molecule has 0 bridgehead atoms. The number of aromatic nitrogens is 3. The van der Waals surface area contributed by atoms with Crippen LogP contribution < -0.4 is 15.3 Å². The second-order valence-corrected chi connectivity index (χ2v) is 11.2. The number of para-hydroxylation sites is 1. The molecule has 0 spiro atoms. The van der Waals surface area contributed by atoms with Crippen molar-refractivity contribution < 1.29 is 38.1 Å². The number of benzene rings is 1. The zero-order valence-electron chi connectivity index (χ0n) is 20.9. The Hall–Kier alpha value is -3.06. The summed E-state index contributed by atoms with van der Waals surface area (Å²) in [5.74, 6) is -0.0670. The fourth-order valence-corrected chi connectivity index (χ4v) is 6.26. The van der Waals surface area contributed by atoms with E-state index in [4.69, 9.17) is 24.3 Å². The maximum Gasteiger partial charge on any atom is 0.459 e. The number of nitrogens with zero attached hydrogens (tertiary/aromatic N) is 3. The summed E-state index contributed by atoms with van der Waals surface area (Å²) >= 11 is 0. The number of carbonyl (C=O) groups excluding carboxylic acids is 1. The van der Waals surface area contributed by atoms with Crippen LogP contribution in [0.15, 0.2) is 48.8 Å². The Morgan fingerprint density at radius 2 is 2.00 bits per heavy atom. The molecule has 0 radical (unpaired) electrons. The Bertz CT molecular complexity index is 1370. The first kappa shape index (κ1) is 26.5. The number of esters is 1. The van der Waals surface area contributed by atoms with Crippen LogP contribution in [0.4, 0.5) is 5.82 Å². The molecule has 2 aromatic heterocycles. The Morgan fingerprint density at radius 1 is 1.26 bits per heavy atom. The van der Waals surface area contributed by atoms with E-state index in [0.717, 1.165) is 0 Å². The highest BCUT2D eigenvalue weighted by atomic mass is 31.2. The fourth-order valence-electron chi connectivity index (χ4n) is 4.43. The number of aliphatic hydroxyl groups is 2. The van der Waals surface area contributed by atoms with Crippen LogP contribution in [-0.4, -0.2) is 67.3 Å². The van der Waals surface area contributed by atoms with Crippen molar-refractivity contribution in [2.45, 2.75) is 56.1 Å². The Kier molecular flexibility index (Phi) is 6.93. The quantitative estimate of drug-likeness (QED) is 0.214. The van der Waals surface area contributed by atoms with Crippen molar-refractivity contribution in [3.05, 3.63) is 54.5 Å². The van der Waals surface area contributed by atoms with Crippen LogP contribution in [0.2, 0.25) is 0 Å². The van der Waals surface area contributed by atoms with E-state index in [2.05, 4.69) is 15.2 Å². The van der Waals surface area contributed by atoms with Crippen molar-refractivity contribution >= 4 is 25.1 Å². The summed E-state index contributed by atoms with van der Waals surface area (Å²) in [5.41, 5.74) is 4.14. The minimum atomic E-state index is -4.21. The van der Waals surface area contributed by atoms with Crippen molar-refractivity contribution in [2.75, 3.05) is 18.9 Å². The number of ether oxygens (including phenoxy) is 2. The van der Waals surface area contributed by atoms with E-state index in [9.17, 15) is 19.6 Å². The number of aliphatic hydroxyl groups excluding tert-OH is 2. The summed E-state index contributed by atoms with van der Waals surface area (Å²) < 4.78 is 38.2. The predicted molar refractivity (Wildman–Crippen MR) is 134 cm³/mol. The summed E-state index contributed by atoms with van der Waals surface area (Å²) in [5, 5.41) is 28.8. The van der Waals surface area contributed by atoms with E-state index in [1.165, 1.54) is 17.8 Å². The molecule has 0 amide bonds. The van der Waals surface area contributed by atoms with E-state index in [0.29, 0.717) is 24.1 Å². The van der Waals surface area contributed by atoms with Gasteiger partial charge in [-0.3, -0.25) is 9.32 Å². The van der Waals surface area contributed by atoms with Crippen LogP contribution in [0.1, 0.15) is 38.5 Å². The van der Waals surface area contributed by atoms with E-state index < -0.39 is 49.8 Å². The average Bonchev–Trinajstić information content (AvgIpc) is 3.48. The summed E-state index contributed by atoms with van der Waals surface area (Å²) in [6.45, 7) is 2.92. The third kappa shape index (κ3) is 4.89. The minimum absolute atomic E-state index is 0.162. The van der Waals surface area contributed by atoms with Gasteiger partial charge in [-0.25, -0.2) is 14.1 Å². The van der Waals surface area contributed by atoms with Gasteiger partial charge in [-0.05, 0) is 51.0 Å². The van der Waals surface area contributed by atoms with Gasteiger partial charge in [0.05, 0.1) is 18.9 Å². The molecular formula is C24H30N5O8P. The molecule has 204 valence electrons. The van der Waals surface area contributed by atoms with Gasteiger partial charge in [0.15, 0.2) is 5.82 Å². The number of carbonyl (C=O) groups is 1. The van der Waals surface area contributed by atoms with Crippen LogP contribution in [-0.2, 0) is 23.4 Å². The second-order valence-electron chi connectivity index (χ2n) is 9.58. The van der Waals surface area contributed by atoms with E-state index in [1.54, 1.807) is 49.4 Å². The smallest absolute Gasteiger partial charge is 0.459 e. The largest absolute Gasteiger partial charge is 0.465 e. The molecule has 38 heavy (non-hydrogen) atoms. The highest BCUT2D eigenvalue weighted by molar-refractivity contribution is 7.52. The predicted octanol–water partition coefficient (Wildman–Crippen LogP) is 1.75. The number of fused-ring (bicyclic) bond motifs is 1. The Balaban J connectivity index is 1.38. The van der Waals surface area contributed by atoms with Crippen LogP contribution in [0, 0.1) is 0 Å². The SMILES string of the molecule is CCOC(=O)C1(NP(=O)(OC[C@@]2(C)O[C@@H](c3ccc4c(N)ncnn34)[C@H](O)[C@@H]2O)Oc2ccccc2)CC1. The number of nitrogen functional groups attached to an aromatic ring is 1. The zero-order chi connectivity index (χ0) is 27.1. The molecule has 5 N–H and O–H groups in total. The van der Waals surface area contributed by atoms with Gasteiger partial charge in [0.2, 0.25) is 0 Å². The molecule has 1 aromatic carbocycles. The third-order valence-electron chi connectivity index (χ3n) is 6.72. The molecular weight excluding hydrogens is 517 g/mol. The standard InChI is InChI=1S/C24H30N5O8P/c1-3-34-22(32)24(11-12-24)28-38(33,37-15-7-5-4-6-8-15)35-13-23(2)20(31)18(30)19(36-23)16-9-10-17-21(25)26-14-27-29(16)17/h4-10,14,18-20,30-31H,3,11-13H2,1-2H3,(H,28,33)(H2,25,26,27)/t18-,19-,20-,23+,38?/m0/s1. The average molecular weight is 548 g/mol. The minimum Gasteiger partial charge on any atom is -0.465 e. The monoisotopic (exact) mass is 547 g/mol. The molecule has 2 aliphatic rings. The molecule has 1 aliphatic carbocycles. The van der Waals surface area contributed by atoms with Crippen molar-refractivity contribution in [1.29, 1.82) is 0 Å².